The summed E-state index contributed by atoms with van der Waals surface area (Å²) in [5, 5.41) is 3.65. The minimum Gasteiger partial charge on any atom is -0.311 e. The Morgan fingerprint density at radius 2 is 2.06 bits per heavy atom. The summed E-state index contributed by atoms with van der Waals surface area (Å²) in [5.41, 5.74) is 0.818. The lowest BCUT2D eigenvalue weighted by Gasteiger charge is -2.22. The number of halogens is 1. The van der Waals surface area contributed by atoms with Crippen molar-refractivity contribution < 1.29 is 4.39 Å². The molecule has 1 aromatic rings. The minimum atomic E-state index is -0.0820. The van der Waals surface area contributed by atoms with Crippen molar-refractivity contribution in [3.63, 3.8) is 0 Å². The molecule has 1 N–H and O–H groups in total. The van der Waals surface area contributed by atoms with E-state index in [4.69, 9.17) is 0 Å². The lowest BCUT2D eigenvalue weighted by atomic mass is 10.0. The van der Waals surface area contributed by atoms with Crippen LogP contribution in [0.15, 0.2) is 24.3 Å². The quantitative estimate of drug-likeness (QED) is 0.772. The van der Waals surface area contributed by atoms with Crippen LogP contribution in [0.4, 0.5) is 4.39 Å². The van der Waals surface area contributed by atoms with Crippen LogP contribution >= 0.6 is 0 Å². The first-order valence-corrected chi connectivity index (χ1v) is 7.18. The summed E-state index contributed by atoms with van der Waals surface area (Å²) in [6.45, 7) is 4.39. The van der Waals surface area contributed by atoms with Gasteiger partial charge in [-0.15, -0.1) is 0 Å². The standard InChI is InChI=1S/C16H24FN/c1-3-15(11-13-8-9-13)18-12(2)10-14-6-4-5-7-16(14)17/h4-7,12-13,15,18H,3,8-11H2,1-2H3. The summed E-state index contributed by atoms with van der Waals surface area (Å²) in [6.07, 6.45) is 6.03. The van der Waals surface area contributed by atoms with Gasteiger partial charge in [-0.25, -0.2) is 4.39 Å². The number of rotatable bonds is 7. The molecular weight excluding hydrogens is 225 g/mol. The van der Waals surface area contributed by atoms with Crippen molar-refractivity contribution in [3.05, 3.63) is 35.6 Å². The second-order valence-electron chi connectivity index (χ2n) is 5.65. The first kappa shape index (κ1) is 13.5. The number of hydrogen-bond acceptors (Lipinski definition) is 1. The van der Waals surface area contributed by atoms with E-state index in [1.165, 1.54) is 19.3 Å². The van der Waals surface area contributed by atoms with E-state index >= 15 is 0 Å². The molecule has 2 unspecified atom stereocenters. The predicted molar refractivity (Wildman–Crippen MR) is 74.1 cm³/mol. The molecule has 0 bridgehead atoms. The molecule has 0 saturated heterocycles. The predicted octanol–water partition coefficient (Wildman–Crippen LogP) is 3.93. The number of nitrogens with one attached hydrogen (secondary N) is 1. The Hall–Kier alpha value is -0.890. The summed E-state index contributed by atoms with van der Waals surface area (Å²) in [4.78, 5) is 0. The third-order valence-corrected chi connectivity index (χ3v) is 3.81. The zero-order valence-electron chi connectivity index (χ0n) is 11.5. The summed E-state index contributed by atoms with van der Waals surface area (Å²) in [5.74, 6) is 0.865. The molecule has 1 saturated carbocycles. The van der Waals surface area contributed by atoms with E-state index in [-0.39, 0.29) is 5.82 Å². The van der Waals surface area contributed by atoms with Crippen LogP contribution < -0.4 is 5.32 Å². The van der Waals surface area contributed by atoms with E-state index in [0.29, 0.717) is 12.1 Å². The molecule has 0 aromatic heterocycles. The van der Waals surface area contributed by atoms with Gasteiger partial charge in [0.05, 0.1) is 0 Å². The van der Waals surface area contributed by atoms with Crippen molar-refractivity contribution in [2.24, 2.45) is 5.92 Å². The summed E-state index contributed by atoms with van der Waals surface area (Å²) >= 11 is 0. The number of benzene rings is 1. The first-order chi connectivity index (χ1) is 8.69. The first-order valence-electron chi connectivity index (χ1n) is 7.18. The van der Waals surface area contributed by atoms with E-state index in [0.717, 1.165) is 24.3 Å². The maximum absolute atomic E-state index is 13.6. The molecule has 1 aliphatic carbocycles. The topological polar surface area (TPSA) is 12.0 Å². The zero-order chi connectivity index (χ0) is 13.0. The van der Waals surface area contributed by atoms with Crippen LogP contribution in [0.2, 0.25) is 0 Å². The van der Waals surface area contributed by atoms with Gasteiger partial charge in [0.25, 0.3) is 0 Å². The van der Waals surface area contributed by atoms with E-state index in [9.17, 15) is 4.39 Å². The largest absolute Gasteiger partial charge is 0.311 e. The summed E-state index contributed by atoms with van der Waals surface area (Å²) < 4.78 is 13.6. The highest BCUT2D eigenvalue weighted by molar-refractivity contribution is 5.18. The zero-order valence-corrected chi connectivity index (χ0v) is 11.5. The van der Waals surface area contributed by atoms with E-state index < -0.39 is 0 Å². The molecule has 2 atom stereocenters. The highest BCUT2D eigenvalue weighted by Crippen LogP contribution is 2.34. The van der Waals surface area contributed by atoms with Gasteiger partial charge in [0.2, 0.25) is 0 Å². The molecule has 0 heterocycles. The second kappa shape index (κ2) is 6.33. The Morgan fingerprint density at radius 1 is 1.33 bits per heavy atom. The van der Waals surface area contributed by atoms with Gasteiger partial charge < -0.3 is 5.32 Å². The van der Waals surface area contributed by atoms with Gasteiger partial charge in [-0.05, 0) is 43.7 Å². The molecule has 1 aromatic carbocycles. The Morgan fingerprint density at radius 3 is 2.67 bits per heavy atom. The van der Waals surface area contributed by atoms with Crippen LogP contribution in [0.1, 0.15) is 45.1 Å². The van der Waals surface area contributed by atoms with Crippen LogP contribution in [0.3, 0.4) is 0 Å². The summed E-state index contributed by atoms with van der Waals surface area (Å²) in [7, 11) is 0. The van der Waals surface area contributed by atoms with Gasteiger partial charge >= 0.3 is 0 Å². The average molecular weight is 249 g/mol. The average Bonchev–Trinajstić information content (AvgIpc) is 3.15. The molecule has 1 nitrogen and oxygen atoms in total. The van der Waals surface area contributed by atoms with Crippen molar-refractivity contribution in [2.45, 2.75) is 58.0 Å². The maximum Gasteiger partial charge on any atom is 0.126 e. The molecule has 1 aliphatic rings. The molecule has 0 amide bonds. The summed E-state index contributed by atoms with van der Waals surface area (Å²) in [6, 6.07) is 8.02. The van der Waals surface area contributed by atoms with Gasteiger partial charge in [0.15, 0.2) is 0 Å². The van der Waals surface area contributed by atoms with Gasteiger partial charge in [-0.1, -0.05) is 38.0 Å². The van der Waals surface area contributed by atoms with Crippen LogP contribution in [0, 0.1) is 11.7 Å². The van der Waals surface area contributed by atoms with Crippen molar-refractivity contribution >= 4 is 0 Å². The van der Waals surface area contributed by atoms with Crippen LogP contribution in [0.5, 0.6) is 0 Å². The Kier molecular flexibility index (Phi) is 4.76. The fraction of sp³-hybridized carbons (Fsp3) is 0.625. The van der Waals surface area contributed by atoms with Crippen molar-refractivity contribution in [3.8, 4) is 0 Å². The second-order valence-corrected chi connectivity index (χ2v) is 5.65. The van der Waals surface area contributed by atoms with Gasteiger partial charge in [-0.2, -0.15) is 0 Å². The van der Waals surface area contributed by atoms with Gasteiger partial charge in [-0.3, -0.25) is 0 Å². The van der Waals surface area contributed by atoms with E-state index in [1.807, 2.05) is 12.1 Å². The Labute approximate surface area is 110 Å². The van der Waals surface area contributed by atoms with E-state index in [2.05, 4.69) is 19.2 Å². The molecule has 0 aliphatic heterocycles. The molecule has 100 valence electrons. The Bertz CT molecular complexity index is 373. The van der Waals surface area contributed by atoms with Gasteiger partial charge in [0, 0.05) is 12.1 Å². The molecular formula is C16H24FN. The lowest BCUT2D eigenvalue weighted by Crippen LogP contribution is -2.37. The van der Waals surface area contributed by atoms with Crippen molar-refractivity contribution in [1.82, 2.24) is 5.32 Å². The monoisotopic (exact) mass is 249 g/mol. The fourth-order valence-corrected chi connectivity index (χ4v) is 2.56. The molecule has 18 heavy (non-hydrogen) atoms. The normalized spacial score (nSPS) is 18.6. The third-order valence-electron chi connectivity index (χ3n) is 3.81. The smallest absolute Gasteiger partial charge is 0.126 e. The van der Waals surface area contributed by atoms with Gasteiger partial charge in [0.1, 0.15) is 5.82 Å². The fourth-order valence-electron chi connectivity index (χ4n) is 2.56. The molecule has 2 heteroatoms. The molecule has 1 fully saturated rings. The molecule has 2 rings (SSSR count). The van der Waals surface area contributed by atoms with Crippen LogP contribution in [-0.4, -0.2) is 12.1 Å². The maximum atomic E-state index is 13.6. The third kappa shape index (κ3) is 4.09. The van der Waals surface area contributed by atoms with Crippen molar-refractivity contribution in [1.29, 1.82) is 0 Å². The van der Waals surface area contributed by atoms with E-state index in [1.54, 1.807) is 12.1 Å². The number of hydrogen-bond donors (Lipinski definition) is 1. The lowest BCUT2D eigenvalue weighted by molar-refractivity contribution is 0.394. The Balaban J connectivity index is 1.83. The van der Waals surface area contributed by atoms with Crippen molar-refractivity contribution in [2.75, 3.05) is 0 Å². The SMILES string of the molecule is CCC(CC1CC1)NC(C)Cc1ccccc1F. The minimum absolute atomic E-state index is 0.0820. The molecule has 0 radical (unpaired) electrons. The van der Waals surface area contributed by atoms with Crippen LogP contribution in [-0.2, 0) is 6.42 Å². The highest BCUT2D eigenvalue weighted by atomic mass is 19.1. The highest BCUT2D eigenvalue weighted by Gasteiger charge is 2.25. The molecule has 0 spiro atoms. The van der Waals surface area contributed by atoms with Crippen LogP contribution in [0.25, 0.3) is 0 Å².